The minimum Gasteiger partial charge on any atom is -0.372 e. The van der Waals surface area contributed by atoms with E-state index in [2.05, 4.69) is 21.6 Å². The smallest absolute Gasteiger partial charge is 0.372 e. The zero-order valence-electron chi connectivity index (χ0n) is 7.92. The number of nitrogens with zero attached hydrogens (tertiary/aromatic N) is 1. The average Bonchev–Trinajstić information content (AvgIpc) is 2.52. The van der Waals surface area contributed by atoms with Crippen molar-refractivity contribution >= 4 is 24.7 Å². The van der Waals surface area contributed by atoms with Gasteiger partial charge in [-0.3, -0.25) is 0 Å². The first-order valence-electron chi connectivity index (χ1n) is 4.31. The third-order valence-corrected chi connectivity index (χ3v) is 2.80. The molecular formula is C7H14NO4PS. The van der Waals surface area contributed by atoms with Crippen molar-refractivity contribution in [1.82, 2.24) is 0 Å². The third kappa shape index (κ3) is 3.63. The fraction of sp³-hybridized carbons (Fsp3) is 0.857. The van der Waals surface area contributed by atoms with Gasteiger partial charge >= 0.3 is 6.72 Å². The number of rotatable bonds is 4. The number of methoxy groups -OCH3 is 1. The summed E-state index contributed by atoms with van der Waals surface area (Å²) in [5.41, 5.74) is -0.412. The van der Waals surface area contributed by atoms with Crippen LogP contribution in [0.2, 0.25) is 0 Å². The summed E-state index contributed by atoms with van der Waals surface area (Å²) >= 11 is 4.24. The maximum atomic E-state index is 8.75. The SMILES string of the molecule is COC1(/C=N/OP(O)(O)=S)CCCC1. The van der Waals surface area contributed by atoms with Gasteiger partial charge in [-0.05, 0) is 12.8 Å². The molecule has 0 amide bonds. The first-order valence-corrected chi connectivity index (χ1v) is 6.94. The van der Waals surface area contributed by atoms with Crippen LogP contribution >= 0.6 is 6.72 Å². The zero-order valence-corrected chi connectivity index (χ0v) is 9.63. The molecule has 2 N–H and O–H groups in total. The molecule has 82 valence electrons. The van der Waals surface area contributed by atoms with Crippen molar-refractivity contribution in [2.24, 2.45) is 5.16 Å². The van der Waals surface area contributed by atoms with Crippen LogP contribution in [-0.4, -0.2) is 28.7 Å². The molecule has 1 aliphatic carbocycles. The molecule has 0 atom stereocenters. The number of ether oxygens (including phenoxy) is 1. The quantitative estimate of drug-likeness (QED) is 0.437. The first-order chi connectivity index (χ1) is 6.47. The lowest BCUT2D eigenvalue weighted by Gasteiger charge is -2.21. The molecule has 0 bridgehead atoms. The maximum absolute atomic E-state index is 8.75. The number of hydrogen-bond donors (Lipinski definition) is 2. The molecule has 7 heteroatoms. The third-order valence-electron chi connectivity index (χ3n) is 2.30. The van der Waals surface area contributed by atoms with Gasteiger partial charge in [0.15, 0.2) is 0 Å². The highest BCUT2D eigenvalue weighted by Gasteiger charge is 2.32. The van der Waals surface area contributed by atoms with Crippen LogP contribution in [-0.2, 0) is 21.2 Å². The van der Waals surface area contributed by atoms with Crippen LogP contribution in [0.4, 0.5) is 0 Å². The Hall–Kier alpha value is -0.0000000000000000833. The lowest BCUT2D eigenvalue weighted by Crippen LogP contribution is -2.29. The van der Waals surface area contributed by atoms with Gasteiger partial charge < -0.3 is 19.1 Å². The molecule has 1 fully saturated rings. The highest BCUT2D eigenvalue weighted by molar-refractivity contribution is 8.06. The van der Waals surface area contributed by atoms with E-state index in [1.807, 2.05) is 0 Å². The van der Waals surface area contributed by atoms with Crippen LogP contribution in [0.3, 0.4) is 0 Å². The van der Waals surface area contributed by atoms with E-state index < -0.39 is 12.3 Å². The van der Waals surface area contributed by atoms with Gasteiger partial charge in [0.25, 0.3) is 0 Å². The van der Waals surface area contributed by atoms with Crippen molar-refractivity contribution in [3.05, 3.63) is 0 Å². The summed E-state index contributed by atoms with van der Waals surface area (Å²) in [4.78, 5) is 17.5. The van der Waals surface area contributed by atoms with Gasteiger partial charge in [0.1, 0.15) is 5.60 Å². The predicted molar refractivity (Wildman–Crippen MR) is 56.5 cm³/mol. The molecule has 0 aliphatic heterocycles. The fourth-order valence-corrected chi connectivity index (χ4v) is 1.83. The van der Waals surface area contributed by atoms with Gasteiger partial charge in [-0.25, -0.2) is 0 Å². The van der Waals surface area contributed by atoms with E-state index >= 15 is 0 Å². The number of hydrogen-bond acceptors (Lipinski definition) is 4. The van der Waals surface area contributed by atoms with Gasteiger partial charge in [-0.2, -0.15) is 0 Å². The molecule has 1 saturated carbocycles. The van der Waals surface area contributed by atoms with Crippen molar-refractivity contribution in [3.63, 3.8) is 0 Å². The normalized spacial score (nSPS) is 21.6. The summed E-state index contributed by atoms with van der Waals surface area (Å²) < 4.78 is 9.64. The van der Waals surface area contributed by atoms with Crippen molar-refractivity contribution in [2.75, 3.05) is 7.11 Å². The van der Waals surface area contributed by atoms with E-state index in [0.29, 0.717) is 0 Å². The van der Waals surface area contributed by atoms with Crippen LogP contribution in [0.15, 0.2) is 5.16 Å². The molecule has 14 heavy (non-hydrogen) atoms. The van der Waals surface area contributed by atoms with Crippen LogP contribution < -0.4 is 0 Å². The molecule has 1 rings (SSSR count). The Bertz CT molecular complexity index is 258. The maximum Gasteiger partial charge on any atom is 0.396 e. The summed E-state index contributed by atoms with van der Waals surface area (Å²) in [5.74, 6) is 0. The summed E-state index contributed by atoms with van der Waals surface area (Å²) in [6.45, 7) is -3.68. The van der Waals surface area contributed by atoms with Crippen molar-refractivity contribution < 1.29 is 19.1 Å². The molecule has 5 nitrogen and oxygen atoms in total. The molecule has 0 unspecified atom stereocenters. The van der Waals surface area contributed by atoms with Crippen molar-refractivity contribution in [3.8, 4) is 0 Å². The molecule has 0 radical (unpaired) electrons. The fourth-order valence-electron chi connectivity index (χ4n) is 1.54. The summed E-state index contributed by atoms with van der Waals surface area (Å²) in [5, 5.41) is 3.46. The molecule has 0 aromatic heterocycles. The molecule has 0 spiro atoms. The van der Waals surface area contributed by atoms with Gasteiger partial charge in [0.2, 0.25) is 0 Å². The Labute approximate surface area is 88.0 Å². The number of oxime groups is 1. The minimum absolute atomic E-state index is 0.412. The lowest BCUT2D eigenvalue weighted by molar-refractivity contribution is 0.0585. The monoisotopic (exact) mass is 239 g/mol. The second kappa shape index (κ2) is 4.68. The Morgan fingerprint density at radius 2 is 2.00 bits per heavy atom. The van der Waals surface area contributed by atoms with Crippen molar-refractivity contribution in [1.29, 1.82) is 0 Å². The molecule has 0 saturated heterocycles. The van der Waals surface area contributed by atoms with Gasteiger partial charge in [0.05, 0.1) is 6.21 Å². The van der Waals surface area contributed by atoms with E-state index in [-0.39, 0.29) is 0 Å². The van der Waals surface area contributed by atoms with Gasteiger partial charge in [-0.15, -0.1) is 0 Å². The Morgan fingerprint density at radius 3 is 2.43 bits per heavy atom. The molecule has 0 aromatic carbocycles. The van der Waals surface area contributed by atoms with Crippen LogP contribution in [0.1, 0.15) is 25.7 Å². The zero-order chi connectivity index (χ0) is 10.7. The second-order valence-corrected chi connectivity index (χ2v) is 5.85. The summed E-state index contributed by atoms with van der Waals surface area (Å²) in [6, 6.07) is 0. The van der Waals surface area contributed by atoms with Gasteiger partial charge in [0, 0.05) is 18.9 Å². The van der Waals surface area contributed by atoms with Gasteiger partial charge in [-0.1, -0.05) is 18.0 Å². The van der Waals surface area contributed by atoms with E-state index in [9.17, 15) is 0 Å². The summed E-state index contributed by atoms with van der Waals surface area (Å²) in [6.07, 6.45) is 5.36. The Balaban J connectivity index is 2.52. The second-order valence-electron chi connectivity index (χ2n) is 3.28. The topological polar surface area (TPSA) is 71.3 Å². The predicted octanol–water partition coefficient (Wildman–Crippen LogP) is 1.16. The average molecular weight is 239 g/mol. The molecule has 0 aromatic rings. The molecular weight excluding hydrogens is 225 g/mol. The summed E-state index contributed by atoms with van der Waals surface area (Å²) in [7, 11) is 1.60. The van der Waals surface area contributed by atoms with E-state index in [1.54, 1.807) is 7.11 Å². The molecule has 1 aliphatic rings. The van der Waals surface area contributed by atoms with Crippen LogP contribution in [0.25, 0.3) is 0 Å². The minimum atomic E-state index is -3.68. The molecule has 0 heterocycles. The Kier molecular flexibility index (Phi) is 4.04. The van der Waals surface area contributed by atoms with E-state index in [1.165, 1.54) is 6.21 Å². The van der Waals surface area contributed by atoms with E-state index in [0.717, 1.165) is 25.7 Å². The first kappa shape index (κ1) is 12.1. The van der Waals surface area contributed by atoms with Crippen molar-refractivity contribution in [2.45, 2.75) is 31.3 Å². The highest BCUT2D eigenvalue weighted by Crippen LogP contribution is 2.37. The van der Waals surface area contributed by atoms with E-state index in [4.69, 9.17) is 14.5 Å². The highest BCUT2D eigenvalue weighted by atomic mass is 32.5. The van der Waals surface area contributed by atoms with Crippen LogP contribution in [0, 0.1) is 0 Å². The lowest BCUT2D eigenvalue weighted by atomic mass is 10.1. The standard InChI is InChI=1S/C7H14NO4PS/c1-11-7(4-2-3-5-7)6-8-12-13(9,10)14/h6H,2-5H2,1H3,(H2,9,10,14)/b8-6+. The Morgan fingerprint density at radius 1 is 1.43 bits per heavy atom. The van der Waals surface area contributed by atoms with Crippen LogP contribution in [0.5, 0.6) is 0 Å². The largest absolute Gasteiger partial charge is 0.396 e.